The van der Waals surface area contributed by atoms with Crippen molar-refractivity contribution in [1.82, 2.24) is 4.90 Å². The van der Waals surface area contributed by atoms with Gasteiger partial charge in [-0.15, -0.1) is 0 Å². The van der Waals surface area contributed by atoms with Crippen LogP contribution in [0.1, 0.15) is 35.2 Å². The summed E-state index contributed by atoms with van der Waals surface area (Å²) in [4.78, 5) is 36.3. The number of nitrogens with zero attached hydrogens (tertiary/aromatic N) is 2. The highest BCUT2D eigenvalue weighted by molar-refractivity contribution is 6.32. The molecule has 0 atom stereocenters. The molecule has 0 radical (unpaired) electrons. The van der Waals surface area contributed by atoms with Gasteiger partial charge in [-0.05, 0) is 37.1 Å². The van der Waals surface area contributed by atoms with Gasteiger partial charge < -0.3 is 4.74 Å². The van der Waals surface area contributed by atoms with E-state index in [4.69, 9.17) is 16.3 Å². The molecule has 0 N–H and O–H groups in total. The van der Waals surface area contributed by atoms with Crippen molar-refractivity contribution < 1.29 is 32.4 Å². The summed E-state index contributed by atoms with van der Waals surface area (Å²) in [6, 6.07) is 5.72. The normalized spacial score (nSPS) is 14.5. The molecule has 1 aliphatic rings. The molecule has 1 saturated heterocycles. The lowest BCUT2D eigenvalue weighted by Crippen LogP contribution is -2.40. The molecular formula is C19H14ClF3N2O5. The van der Waals surface area contributed by atoms with Gasteiger partial charge in [0.1, 0.15) is 17.1 Å². The van der Waals surface area contributed by atoms with Crippen LogP contribution in [-0.4, -0.2) is 28.2 Å². The Morgan fingerprint density at radius 2 is 1.90 bits per heavy atom. The highest BCUT2D eigenvalue weighted by Crippen LogP contribution is 2.37. The maximum atomic E-state index is 12.8. The SMILES string of the molecule is O=C1CCCCN1C(=O)c1cc(Oc2ccc(C(F)(F)F)cc2Cl)ccc1[N+](=O)[O-]. The second kappa shape index (κ2) is 8.31. The maximum absolute atomic E-state index is 12.8. The van der Waals surface area contributed by atoms with Gasteiger partial charge in [0.2, 0.25) is 5.91 Å². The van der Waals surface area contributed by atoms with E-state index in [1.54, 1.807) is 0 Å². The number of halogens is 4. The Kier molecular flexibility index (Phi) is 5.97. The number of imide groups is 1. The van der Waals surface area contributed by atoms with Crippen LogP contribution < -0.4 is 4.74 Å². The van der Waals surface area contributed by atoms with E-state index in [2.05, 4.69) is 0 Å². The molecule has 7 nitrogen and oxygen atoms in total. The van der Waals surface area contributed by atoms with E-state index in [1.807, 2.05) is 0 Å². The number of benzene rings is 2. The van der Waals surface area contributed by atoms with Gasteiger partial charge in [-0.1, -0.05) is 11.6 Å². The molecule has 0 unspecified atom stereocenters. The second-order valence-corrected chi connectivity index (χ2v) is 6.90. The van der Waals surface area contributed by atoms with Gasteiger partial charge in [-0.3, -0.25) is 24.6 Å². The van der Waals surface area contributed by atoms with E-state index in [-0.39, 0.29) is 35.1 Å². The first-order valence-electron chi connectivity index (χ1n) is 8.75. The maximum Gasteiger partial charge on any atom is 0.416 e. The molecule has 0 saturated carbocycles. The summed E-state index contributed by atoms with van der Waals surface area (Å²) in [6.07, 6.45) is -3.21. The van der Waals surface area contributed by atoms with Crippen LogP contribution in [0.5, 0.6) is 11.5 Å². The first kappa shape index (κ1) is 21.6. The average Bonchev–Trinajstić information content (AvgIpc) is 2.68. The summed E-state index contributed by atoms with van der Waals surface area (Å²) in [7, 11) is 0. The van der Waals surface area contributed by atoms with Crippen molar-refractivity contribution in [3.63, 3.8) is 0 Å². The van der Waals surface area contributed by atoms with E-state index in [0.717, 1.165) is 29.2 Å². The number of nitro groups is 1. The summed E-state index contributed by atoms with van der Waals surface area (Å²) in [5, 5.41) is 11.0. The van der Waals surface area contributed by atoms with Crippen molar-refractivity contribution in [2.75, 3.05) is 6.54 Å². The number of carbonyl (C=O) groups excluding carboxylic acids is 2. The molecule has 0 aromatic heterocycles. The largest absolute Gasteiger partial charge is 0.456 e. The number of carbonyl (C=O) groups is 2. The fourth-order valence-electron chi connectivity index (χ4n) is 2.96. The number of amides is 2. The smallest absolute Gasteiger partial charge is 0.416 e. The number of hydrogen-bond donors (Lipinski definition) is 0. The third-order valence-electron chi connectivity index (χ3n) is 4.45. The molecule has 1 fully saturated rings. The standard InChI is InChI=1S/C19H14ClF3N2O5/c20-14-9-11(19(21,22)23)4-7-16(14)30-12-5-6-15(25(28)29)13(10-12)18(27)24-8-2-1-3-17(24)26/h4-7,9-10H,1-3,8H2. The minimum absolute atomic E-state index is 0.0601. The van der Waals surface area contributed by atoms with E-state index < -0.39 is 34.2 Å². The average molecular weight is 443 g/mol. The van der Waals surface area contributed by atoms with Gasteiger partial charge in [-0.25, -0.2) is 0 Å². The quantitative estimate of drug-likeness (QED) is 0.368. The first-order chi connectivity index (χ1) is 14.1. The Morgan fingerprint density at radius 1 is 1.17 bits per heavy atom. The van der Waals surface area contributed by atoms with Crippen molar-refractivity contribution in [2.24, 2.45) is 0 Å². The Balaban J connectivity index is 1.94. The molecule has 1 aliphatic heterocycles. The van der Waals surface area contributed by atoms with Crippen molar-refractivity contribution >= 4 is 29.1 Å². The van der Waals surface area contributed by atoms with Gasteiger partial charge in [-0.2, -0.15) is 13.2 Å². The summed E-state index contributed by atoms with van der Waals surface area (Å²) in [6.45, 7) is 0.143. The minimum Gasteiger partial charge on any atom is -0.456 e. The zero-order valence-corrected chi connectivity index (χ0v) is 16.0. The summed E-state index contributed by atoms with van der Waals surface area (Å²) >= 11 is 5.86. The highest BCUT2D eigenvalue weighted by Gasteiger charge is 2.32. The number of rotatable bonds is 4. The lowest BCUT2D eigenvalue weighted by molar-refractivity contribution is -0.385. The van der Waals surface area contributed by atoms with Crippen LogP contribution in [0.25, 0.3) is 0 Å². The van der Waals surface area contributed by atoms with Gasteiger partial charge in [0.05, 0.1) is 15.5 Å². The molecule has 3 rings (SSSR count). The van der Waals surface area contributed by atoms with Gasteiger partial charge in [0.25, 0.3) is 11.6 Å². The van der Waals surface area contributed by atoms with Crippen LogP contribution in [0.15, 0.2) is 36.4 Å². The van der Waals surface area contributed by atoms with Crippen LogP contribution in [0.3, 0.4) is 0 Å². The number of likely N-dealkylation sites (tertiary alicyclic amines) is 1. The summed E-state index contributed by atoms with van der Waals surface area (Å²) in [5.41, 5.74) is -1.86. The monoisotopic (exact) mass is 442 g/mol. The first-order valence-corrected chi connectivity index (χ1v) is 9.13. The Morgan fingerprint density at radius 3 is 2.50 bits per heavy atom. The number of piperidine rings is 1. The molecule has 11 heteroatoms. The topological polar surface area (TPSA) is 89.8 Å². The van der Waals surface area contributed by atoms with E-state index >= 15 is 0 Å². The fraction of sp³-hybridized carbons (Fsp3) is 0.263. The van der Waals surface area contributed by atoms with Crippen LogP contribution in [-0.2, 0) is 11.0 Å². The van der Waals surface area contributed by atoms with Gasteiger partial charge >= 0.3 is 6.18 Å². The second-order valence-electron chi connectivity index (χ2n) is 6.49. The summed E-state index contributed by atoms with van der Waals surface area (Å²) < 4.78 is 43.7. The van der Waals surface area contributed by atoms with Crippen LogP contribution in [0.2, 0.25) is 5.02 Å². The number of alkyl halides is 3. The minimum atomic E-state index is -4.59. The summed E-state index contributed by atoms with van der Waals surface area (Å²) in [5.74, 6) is -1.46. The molecule has 2 aromatic rings. The van der Waals surface area contributed by atoms with Crippen molar-refractivity contribution in [2.45, 2.75) is 25.4 Å². The lowest BCUT2D eigenvalue weighted by Gasteiger charge is -2.24. The number of ether oxygens (including phenoxy) is 1. The zero-order valence-electron chi connectivity index (χ0n) is 15.2. The van der Waals surface area contributed by atoms with Gasteiger partial charge in [0, 0.05) is 25.1 Å². The Bertz CT molecular complexity index is 1030. The molecule has 0 bridgehead atoms. The molecule has 30 heavy (non-hydrogen) atoms. The van der Waals surface area contributed by atoms with Crippen molar-refractivity contribution in [3.8, 4) is 11.5 Å². The van der Waals surface area contributed by atoms with Crippen molar-refractivity contribution in [3.05, 3.63) is 62.7 Å². The fourth-order valence-corrected chi connectivity index (χ4v) is 3.18. The van der Waals surface area contributed by atoms with Gasteiger partial charge in [0.15, 0.2) is 0 Å². The molecule has 0 aliphatic carbocycles. The third-order valence-corrected chi connectivity index (χ3v) is 4.75. The number of hydrogen-bond acceptors (Lipinski definition) is 5. The van der Waals surface area contributed by atoms with E-state index in [0.29, 0.717) is 18.9 Å². The number of nitro benzene ring substituents is 1. The molecule has 0 spiro atoms. The Hall–Kier alpha value is -3.14. The van der Waals surface area contributed by atoms with Crippen LogP contribution in [0.4, 0.5) is 18.9 Å². The van der Waals surface area contributed by atoms with E-state index in [9.17, 15) is 32.9 Å². The zero-order chi connectivity index (χ0) is 22.1. The predicted molar refractivity (Wildman–Crippen MR) is 99.5 cm³/mol. The highest BCUT2D eigenvalue weighted by atomic mass is 35.5. The molecule has 1 heterocycles. The van der Waals surface area contributed by atoms with Crippen LogP contribution in [0, 0.1) is 10.1 Å². The predicted octanol–water partition coefficient (Wildman–Crippen LogP) is 5.21. The lowest BCUT2D eigenvalue weighted by atomic mass is 10.1. The molecule has 158 valence electrons. The molecule has 2 amide bonds. The molecular weight excluding hydrogens is 429 g/mol. The van der Waals surface area contributed by atoms with Crippen LogP contribution >= 0.6 is 11.6 Å². The third kappa shape index (κ3) is 4.54. The van der Waals surface area contributed by atoms with E-state index in [1.165, 1.54) is 6.07 Å². The Labute approximate surface area is 173 Å². The molecule has 2 aromatic carbocycles. The van der Waals surface area contributed by atoms with Crippen molar-refractivity contribution in [1.29, 1.82) is 0 Å².